The van der Waals surface area contributed by atoms with E-state index in [0.717, 1.165) is 9.08 Å². The van der Waals surface area contributed by atoms with Gasteiger partial charge < -0.3 is 5.32 Å². The largest absolute Gasteiger partial charge is 0.357 e. The molecule has 4 nitrogen and oxygen atoms in total. The Bertz CT molecular complexity index is 377. The molecule has 0 aliphatic carbocycles. The molecule has 1 aromatic rings. The molecule has 15 heavy (non-hydrogen) atoms. The van der Waals surface area contributed by atoms with Crippen LogP contribution >= 0.6 is 47.8 Å². The van der Waals surface area contributed by atoms with Crippen LogP contribution in [0.1, 0.15) is 19.4 Å². The lowest BCUT2D eigenvalue weighted by atomic mass is 10.2. The molecule has 1 atom stereocenters. The molecule has 0 bridgehead atoms. The van der Waals surface area contributed by atoms with Crippen molar-refractivity contribution in [2.45, 2.75) is 19.4 Å². The third-order valence-electron chi connectivity index (χ3n) is 1.99. The van der Waals surface area contributed by atoms with Gasteiger partial charge in [-0.2, -0.15) is 5.10 Å². The quantitative estimate of drug-likeness (QED) is 0.843. The number of halogens is 3. The van der Waals surface area contributed by atoms with Crippen LogP contribution in [0.3, 0.4) is 0 Å². The van der Waals surface area contributed by atoms with E-state index in [0.29, 0.717) is 11.0 Å². The summed E-state index contributed by atoms with van der Waals surface area (Å²) in [5.74, 6) is -0.0549. The van der Waals surface area contributed by atoms with Gasteiger partial charge in [0.05, 0.1) is 4.47 Å². The molecule has 1 unspecified atom stereocenters. The molecule has 1 rings (SSSR count). The van der Waals surface area contributed by atoms with Crippen LogP contribution < -0.4 is 5.32 Å². The Labute approximate surface area is 113 Å². The van der Waals surface area contributed by atoms with Gasteiger partial charge in [0.15, 0.2) is 0 Å². The Morgan fingerprint density at radius 1 is 1.53 bits per heavy atom. The van der Waals surface area contributed by atoms with E-state index in [-0.39, 0.29) is 11.9 Å². The third-order valence-corrected chi connectivity index (χ3v) is 5.12. The molecule has 1 heterocycles. The molecule has 0 saturated carbocycles. The highest BCUT2D eigenvalue weighted by Gasteiger charge is 2.23. The van der Waals surface area contributed by atoms with Crippen molar-refractivity contribution >= 4 is 53.7 Å². The lowest BCUT2D eigenvalue weighted by Crippen LogP contribution is -2.30. The number of aromatic nitrogens is 2. The molecule has 0 radical (unpaired) electrons. The van der Waals surface area contributed by atoms with Gasteiger partial charge in [-0.15, -0.1) is 0 Å². The van der Waals surface area contributed by atoms with Gasteiger partial charge in [-0.05, 0) is 54.2 Å². The lowest BCUT2D eigenvalue weighted by molar-refractivity contribution is -0.124. The summed E-state index contributed by atoms with van der Waals surface area (Å²) in [6.45, 7) is 1.94. The molecule has 0 fully saturated rings. The van der Waals surface area contributed by atoms with Crippen molar-refractivity contribution < 1.29 is 4.79 Å². The van der Waals surface area contributed by atoms with Crippen molar-refractivity contribution in [3.05, 3.63) is 13.7 Å². The highest BCUT2D eigenvalue weighted by molar-refractivity contribution is 9.14. The Hall–Kier alpha value is 0.120. The van der Waals surface area contributed by atoms with Crippen molar-refractivity contribution in [1.29, 1.82) is 0 Å². The maximum absolute atomic E-state index is 11.6. The van der Waals surface area contributed by atoms with Crippen molar-refractivity contribution in [3.63, 3.8) is 0 Å². The average Bonchev–Trinajstić information content (AvgIpc) is 2.47. The minimum absolute atomic E-state index is 0.0549. The smallest absolute Gasteiger partial charge is 0.244 e. The number of carbonyl (C=O) groups excluding carboxylic acids is 1. The average molecular weight is 404 g/mol. The zero-order chi connectivity index (χ0) is 11.6. The molecular weight excluding hydrogens is 394 g/mol. The van der Waals surface area contributed by atoms with Crippen molar-refractivity contribution in [2.24, 2.45) is 0 Å². The van der Waals surface area contributed by atoms with Crippen molar-refractivity contribution in [3.8, 4) is 0 Å². The molecule has 0 aliphatic heterocycles. The first-order valence-corrected chi connectivity index (χ1v) is 6.71. The zero-order valence-corrected chi connectivity index (χ0v) is 13.0. The van der Waals surface area contributed by atoms with Gasteiger partial charge in [-0.25, -0.2) is 4.68 Å². The minimum Gasteiger partial charge on any atom is -0.357 e. The highest BCUT2D eigenvalue weighted by Crippen LogP contribution is 2.32. The molecular formula is C8H10Br3N3O. The normalized spacial score (nSPS) is 12.6. The second-order valence-electron chi connectivity index (χ2n) is 2.88. The fourth-order valence-corrected chi connectivity index (χ4v) is 2.61. The Balaban J connectivity index is 3.13. The Morgan fingerprint density at radius 2 is 2.13 bits per heavy atom. The van der Waals surface area contributed by atoms with Gasteiger partial charge in [0.25, 0.3) is 0 Å². The summed E-state index contributed by atoms with van der Waals surface area (Å²) in [6, 6.07) is -0.299. The van der Waals surface area contributed by atoms with E-state index in [4.69, 9.17) is 0 Å². The Kier molecular flexibility index (Phi) is 4.79. The molecule has 84 valence electrons. The third kappa shape index (κ3) is 2.62. The summed E-state index contributed by atoms with van der Waals surface area (Å²) in [7, 11) is 1.62. The molecule has 0 aliphatic rings. The van der Waals surface area contributed by atoms with Gasteiger partial charge in [0.1, 0.15) is 15.2 Å². The number of rotatable bonds is 3. The highest BCUT2D eigenvalue weighted by atomic mass is 79.9. The number of carbonyl (C=O) groups is 1. The first-order valence-electron chi connectivity index (χ1n) is 4.33. The molecule has 0 saturated heterocycles. The van der Waals surface area contributed by atoms with Gasteiger partial charge in [-0.3, -0.25) is 4.79 Å². The molecule has 7 heteroatoms. The summed E-state index contributed by atoms with van der Waals surface area (Å²) in [4.78, 5) is 11.6. The maximum Gasteiger partial charge on any atom is 0.244 e. The fraction of sp³-hybridized carbons (Fsp3) is 0.500. The van der Waals surface area contributed by atoms with Crippen LogP contribution in [-0.2, 0) is 4.79 Å². The maximum atomic E-state index is 11.6. The van der Waals surface area contributed by atoms with Gasteiger partial charge in [0, 0.05) is 7.05 Å². The number of hydrogen-bond acceptors (Lipinski definition) is 2. The summed E-state index contributed by atoms with van der Waals surface area (Å²) < 4.78 is 3.89. The first kappa shape index (κ1) is 13.2. The minimum atomic E-state index is -0.299. The van der Waals surface area contributed by atoms with Crippen molar-refractivity contribution in [2.75, 3.05) is 7.05 Å². The van der Waals surface area contributed by atoms with Crippen LogP contribution in [0.15, 0.2) is 13.7 Å². The van der Waals surface area contributed by atoms with E-state index >= 15 is 0 Å². The number of hydrogen-bond donors (Lipinski definition) is 1. The van der Waals surface area contributed by atoms with E-state index in [1.54, 1.807) is 11.7 Å². The van der Waals surface area contributed by atoms with E-state index in [9.17, 15) is 4.79 Å². The molecule has 1 N–H and O–H groups in total. The van der Waals surface area contributed by atoms with Crippen LogP contribution in [0.25, 0.3) is 0 Å². The van der Waals surface area contributed by atoms with E-state index in [1.165, 1.54) is 0 Å². The van der Waals surface area contributed by atoms with E-state index < -0.39 is 0 Å². The summed E-state index contributed by atoms with van der Waals surface area (Å²) >= 11 is 10.0. The van der Waals surface area contributed by atoms with E-state index in [2.05, 4.69) is 58.2 Å². The number of likely N-dealkylation sites (N-methyl/N-ethyl adjacent to an activating group) is 1. The predicted molar refractivity (Wildman–Crippen MR) is 68.7 cm³/mol. The summed E-state index contributed by atoms with van der Waals surface area (Å²) in [5.41, 5.74) is 0. The molecule has 1 aromatic heterocycles. The van der Waals surface area contributed by atoms with Crippen molar-refractivity contribution in [1.82, 2.24) is 15.1 Å². The Morgan fingerprint density at radius 3 is 2.47 bits per heavy atom. The SMILES string of the molecule is CCC(C(=O)NC)n1nc(Br)c(Br)c1Br. The summed E-state index contributed by atoms with van der Waals surface area (Å²) in [6.07, 6.45) is 0.679. The van der Waals surface area contributed by atoms with Gasteiger partial charge in [0.2, 0.25) is 5.91 Å². The standard InChI is InChI=1S/C8H10Br3N3O/c1-3-4(8(15)12-2)14-7(11)5(9)6(10)13-14/h4H,3H2,1-2H3,(H,12,15). The second kappa shape index (κ2) is 5.45. The van der Waals surface area contributed by atoms with Crippen LogP contribution in [0.4, 0.5) is 0 Å². The molecule has 1 amide bonds. The first-order chi connectivity index (χ1) is 7.02. The van der Waals surface area contributed by atoms with Gasteiger partial charge >= 0.3 is 0 Å². The van der Waals surface area contributed by atoms with Crippen LogP contribution in [0.5, 0.6) is 0 Å². The number of nitrogens with one attached hydrogen (secondary N) is 1. The topological polar surface area (TPSA) is 46.9 Å². The second-order valence-corrected chi connectivity index (χ2v) is 5.17. The lowest BCUT2D eigenvalue weighted by Gasteiger charge is -2.14. The van der Waals surface area contributed by atoms with Crippen LogP contribution in [-0.4, -0.2) is 22.7 Å². The van der Waals surface area contributed by atoms with Gasteiger partial charge in [-0.1, -0.05) is 6.92 Å². The summed E-state index contributed by atoms with van der Waals surface area (Å²) in [5, 5.41) is 6.85. The van der Waals surface area contributed by atoms with Crippen LogP contribution in [0, 0.1) is 0 Å². The molecule has 0 aromatic carbocycles. The molecule has 0 spiro atoms. The van der Waals surface area contributed by atoms with Crippen LogP contribution in [0.2, 0.25) is 0 Å². The zero-order valence-electron chi connectivity index (χ0n) is 8.22. The predicted octanol–water partition coefficient (Wildman–Crippen LogP) is 2.87. The fourth-order valence-electron chi connectivity index (χ4n) is 1.21. The number of nitrogens with zero attached hydrogens (tertiary/aromatic N) is 2. The number of amides is 1. The van der Waals surface area contributed by atoms with E-state index in [1.807, 2.05) is 6.92 Å². The monoisotopic (exact) mass is 401 g/mol.